The predicted octanol–water partition coefficient (Wildman–Crippen LogP) is 3.07. The number of thioether (sulfide) groups is 1. The van der Waals surface area contributed by atoms with Gasteiger partial charge in [-0.15, -0.1) is 10.2 Å². The van der Waals surface area contributed by atoms with Crippen LogP contribution in [0.4, 0.5) is 4.79 Å². The molecule has 0 atom stereocenters. The highest BCUT2D eigenvalue weighted by Crippen LogP contribution is 2.26. The summed E-state index contributed by atoms with van der Waals surface area (Å²) < 4.78 is 1.35. The van der Waals surface area contributed by atoms with Gasteiger partial charge in [0.2, 0.25) is 11.1 Å². The number of nitrogens with one attached hydrogen (secondary N) is 2. The van der Waals surface area contributed by atoms with Crippen LogP contribution in [-0.2, 0) is 16.8 Å². The molecule has 2 aromatic carbocycles. The number of amides is 3. The Hall–Kier alpha value is -3.33. The number of nitrogens with two attached hydrogens (primary N) is 1. The van der Waals surface area contributed by atoms with Crippen LogP contribution in [0.1, 0.15) is 31.9 Å². The van der Waals surface area contributed by atoms with E-state index in [0.717, 1.165) is 22.9 Å². The SMILES string of the molecule is CC(C)(C)c1ccc(-c2nnc(SCC(=O)NC(=O)NCc3ccccc3)n2N)cc1. The first-order valence-electron chi connectivity index (χ1n) is 9.80. The maximum atomic E-state index is 12.1. The van der Waals surface area contributed by atoms with Gasteiger partial charge < -0.3 is 11.2 Å². The molecule has 0 unspecified atom stereocenters. The number of carbonyl (C=O) groups excluding carboxylic acids is 2. The fraction of sp³-hybridized carbons (Fsp3) is 0.273. The van der Waals surface area contributed by atoms with Crippen molar-refractivity contribution in [3.05, 3.63) is 65.7 Å². The molecule has 0 aliphatic heterocycles. The number of carbonyl (C=O) groups is 2. The van der Waals surface area contributed by atoms with E-state index in [9.17, 15) is 9.59 Å². The maximum Gasteiger partial charge on any atom is 0.321 e. The minimum Gasteiger partial charge on any atom is -0.335 e. The van der Waals surface area contributed by atoms with Crippen LogP contribution in [0.2, 0.25) is 0 Å². The Balaban J connectivity index is 1.52. The van der Waals surface area contributed by atoms with Crippen molar-refractivity contribution in [3.8, 4) is 11.4 Å². The van der Waals surface area contributed by atoms with Crippen molar-refractivity contribution in [2.75, 3.05) is 11.6 Å². The lowest BCUT2D eigenvalue weighted by molar-refractivity contribution is -0.117. The van der Waals surface area contributed by atoms with Crippen molar-refractivity contribution < 1.29 is 9.59 Å². The highest BCUT2D eigenvalue weighted by molar-refractivity contribution is 7.99. The fourth-order valence-electron chi connectivity index (χ4n) is 2.81. The molecule has 0 spiro atoms. The number of hydrogen-bond donors (Lipinski definition) is 3. The van der Waals surface area contributed by atoms with E-state index in [1.54, 1.807) is 0 Å². The molecule has 3 aromatic rings. The third kappa shape index (κ3) is 6.08. The number of imide groups is 1. The Labute approximate surface area is 185 Å². The van der Waals surface area contributed by atoms with Crippen molar-refractivity contribution in [1.29, 1.82) is 0 Å². The molecule has 0 bridgehead atoms. The number of nitrogens with zero attached hydrogens (tertiary/aromatic N) is 3. The van der Waals surface area contributed by atoms with Crippen LogP contribution >= 0.6 is 11.8 Å². The largest absolute Gasteiger partial charge is 0.335 e. The number of benzene rings is 2. The molecule has 3 amide bonds. The van der Waals surface area contributed by atoms with E-state index in [4.69, 9.17) is 5.84 Å². The van der Waals surface area contributed by atoms with Gasteiger partial charge in [-0.1, -0.05) is 87.1 Å². The van der Waals surface area contributed by atoms with Crippen LogP contribution < -0.4 is 16.5 Å². The maximum absolute atomic E-state index is 12.1. The molecule has 162 valence electrons. The second-order valence-electron chi connectivity index (χ2n) is 8.01. The Morgan fingerprint density at radius 3 is 2.35 bits per heavy atom. The Morgan fingerprint density at radius 2 is 1.71 bits per heavy atom. The van der Waals surface area contributed by atoms with Gasteiger partial charge in [0.15, 0.2) is 5.82 Å². The minimum atomic E-state index is -0.553. The van der Waals surface area contributed by atoms with Crippen LogP contribution in [0.25, 0.3) is 11.4 Å². The molecule has 0 radical (unpaired) electrons. The van der Waals surface area contributed by atoms with Crippen LogP contribution in [-0.4, -0.2) is 32.6 Å². The molecular formula is C22H26N6O2S. The van der Waals surface area contributed by atoms with Gasteiger partial charge in [0.05, 0.1) is 5.75 Å². The Kier molecular flexibility index (Phi) is 6.96. The van der Waals surface area contributed by atoms with Gasteiger partial charge in [-0.2, -0.15) is 0 Å². The second kappa shape index (κ2) is 9.65. The van der Waals surface area contributed by atoms with Gasteiger partial charge in [0.25, 0.3) is 0 Å². The van der Waals surface area contributed by atoms with Gasteiger partial charge in [-0.05, 0) is 16.5 Å². The summed E-state index contributed by atoms with van der Waals surface area (Å²) in [6.45, 7) is 6.78. The standard InChI is InChI=1S/C22H26N6O2S/c1-22(2,3)17-11-9-16(10-12-17)19-26-27-21(28(19)23)31-14-18(29)25-20(30)24-13-15-7-5-4-6-8-15/h4-12H,13-14,23H2,1-3H3,(H2,24,25,29,30). The summed E-state index contributed by atoms with van der Waals surface area (Å²) in [5.41, 5.74) is 3.03. The first-order valence-corrected chi connectivity index (χ1v) is 10.8. The molecule has 8 nitrogen and oxygen atoms in total. The van der Waals surface area contributed by atoms with Crippen molar-refractivity contribution in [3.63, 3.8) is 0 Å². The summed E-state index contributed by atoms with van der Waals surface area (Å²) in [5, 5.41) is 13.5. The number of nitrogen functional groups attached to an aromatic ring is 1. The molecule has 0 aliphatic carbocycles. The Bertz CT molecular complexity index is 1040. The molecule has 1 aromatic heterocycles. The highest BCUT2D eigenvalue weighted by atomic mass is 32.2. The molecule has 1 heterocycles. The summed E-state index contributed by atoms with van der Waals surface area (Å²) in [6.07, 6.45) is 0. The van der Waals surface area contributed by atoms with Crippen molar-refractivity contribution in [2.45, 2.75) is 37.9 Å². The zero-order valence-corrected chi connectivity index (χ0v) is 18.6. The van der Waals surface area contributed by atoms with Gasteiger partial charge in [-0.25, -0.2) is 9.47 Å². The molecule has 4 N–H and O–H groups in total. The molecule has 0 aliphatic rings. The van der Waals surface area contributed by atoms with E-state index in [-0.39, 0.29) is 11.2 Å². The first kappa shape index (κ1) is 22.4. The molecule has 31 heavy (non-hydrogen) atoms. The Morgan fingerprint density at radius 1 is 1.03 bits per heavy atom. The predicted molar refractivity (Wildman–Crippen MR) is 122 cm³/mol. The molecule has 9 heteroatoms. The van der Waals surface area contributed by atoms with Crippen LogP contribution in [0.5, 0.6) is 0 Å². The van der Waals surface area contributed by atoms with Crippen molar-refractivity contribution >= 4 is 23.7 Å². The lowest BCUT2D eigenvalue weighted by Gasteiger charge is -2.19. The first-order chi connectivity index (χ1) is 14.7. The van der Waals surface area contributed by atoms with E-state index < -0.39 is 11.9 Å². The van der Waals surface area contributed by atoms with E-state index in [1.165, 1.54) is 10.2 Å². The third-order valence-corrected chi connectivity index (χ3v) is 5.50. The summed E-state index contributed by atoms with van der Waals surface area (Å²) >= 11 is 1.11. The van der Waals surface area contributed by atoms with Gasteiger partial charge in [-0.3, -0.25) is 10.1 Å². The number of hydrogen-bond acceptors (Lipinski definition) is 6. The van der Waals surface area contributed by atoms with E-state index >= 15 is 0 Å². The van der Waals surface area contributed by atoms with E-state index in [0.29, 0.717) is 17.5 Å². The van der Waals surface area contributed by atoms with Crippen LogP contribution in [0, 0.1) is 0 Å². The molecule has 3 rings (SSSR count). The molecular weight excluding hydrogens is 412 g/mol. The summed E-state index contributed by atoms with van der Waals surface area (Å²) in [6, 6.07) is 16.9. The quantitative estimate of drug-likeness (QED) is 0.402. The fourth-order valence-corrected chi connectivity index (χ4v) is 3.46. The van der Waals surface area contributed by atoms with Crippen LogP contribution in [0.15, 0.2) is 59.8 Å². The molecule has 0 saturated carbocycles. The van der Waals surface area contributed by atoms with Gasteiger partial charge in [0, 0.05) is 12.1 Å². The number of aromatic nitrogens is 3. The lowest BCUT2D eigenvalue weighted by Crippen LogP contribution is -2.40. The zero-order valence-electron chi connectivity index (χ0n) is 17.8. The summed E-state index contributed by atoms with van der Waals surface area (Å²) in [7, 11) is 0. The number of rotatable bonds is 6. The van der Waals surface area contributed by atoms with Crippen molar-refractivity contribution in [2.24, 2.45) is 0 Å². The average Bonchev–Trinajstić information content (AvgIpc) is 3.11. The molecule has 0 fully saturated rings. The average molecular weight is 439 g/mol. The van der Waals surface area contributed by atoms with E-state index in [1.807, 2.05) is 54.6 Å². The van der Waals surface area contributed by atoms with Gasteiger partial charge >= 0.3 is 6.03 Å². The zero-order chi connectivity index (χ0) is 22.4. The van der Waals surface area contributed by atoms with Crippen LogP contribution in [0.3, 0.4) is 0 Å². The minimum absolute atomic E-state index is 0.0168. The molecule has 0 saturated heterocycles. The summed E-state index contributed by atoms with van der Waals surface area (Å²) in [4.78, 5) is 23.9. The third-order valence-electron chi connectivity index (χ3n) is 4.55. The number of urea groups is 1. The monoisotopic (exact) mass is 438 g/mol. The normalized spacial score (nSPS) is 11.2. The lowest BCUT2D eigenvalue weighted by atomic mass is 9.87. The highest BCUT2D eigenvalue weighted by Gasteiger charge is 2.17. The smallest absolute Gasteiger partial charge is 0.321 e. The second-order valence-corrected chi connectivity index (χ2v) is 8.95. The van der Waals surface area contributed by atoms with Gasteiger partial charge in [0.1, 0.15) is 0 Å². The van der Waals surface area contributed by atoms with Crippen molar-refractivity contribution in [1.82, 2.24) is 25.5 Å². The topological polar surface area (TPSA) is 115 Å². The van der Waals surface area contributed by atoms with E-state index in [2.05, 4.69) is 41.6 Å². The summed E-state index contributed by atoms with van der Waals surface area (Å²) in [5.74, 6) is 6.16.